The van der Waals surface area contributed by atoms with Crippen LogP contribution in [-0.4, -0.2) is 15.1 Å². The van der Waals surface area contributed by atoms with Crippen molar-refractivity contribution in [1.82, 2.24) is 14.0 Å². The van der Waals surface area contributed by atoms with Crippen LogP contribution < -0.4 is 9.57 Å². The van der Waals surface area contributed by atoms with Crippen LogP contribution in [0.2, 0.25) is 0 Å². The van der Waals surface area contributed by atoms with Gasteiger partial charge in [0.25, 0.3) is 5.91 Å². The summed E-state index contributed by atoms with van der Waals surface area (Å²) in [6.07, 6.45) is 1.65. The molecule has 0 saturated carbocycles. The normalized spacial score (nSPS) is 10.2. The summed E-state index contributed by atoms with van der Waals surface area (Å²) in [5.41, 5.74) is 2.82. The van der Waals surface area contributed by atoms with Gasteiger partial charge >= 0.3 is 0 Å². The maximum atomic E-state index is 11.9. The number of allylic oxidation sites excluding steroid dienone is 1. The Morgan fingerprint density at radius 1 is 1.48 bits per heavy atom. The van der Waals surface area contributed by atoms with Crippen LogP contribution >= 0.6 is 24.6 Å². The Hall–Kier alpha value is -1.92. The van der Waals surface area contributed by atoms with Gasteiger partial charge in [-0.2, -0.15) is 0 Å². The first kappa shape index (κ1) is 15.5. The number of aromatic nitrogens is 2. The number of hydrogen-bond donors (Lipinski definition) is 2. The molecule has 110 valence electrons. The van der Waals surface area contributed by atoms with Crippen molar-refractivity contribution in [1.29, 1.82) is 0 Å². The molecule has 0 atom stereocenters. The summed E-state index contributed by atoms with van der Waals surface area (Å²) in [6, 6.07) is 7.01. The van der Waals surface area contributed by atoms with E-state index in [0.717, 1.165) is 11.1 Å². The van der Waals surface area contributed by atoms with Crippen molar-refractivity contribution in [2.45, 2.75) is 13.5 Å². The van der Waals surface area contributed by atoms with Crippen molar-refractivity contribution in [3.05, 3.63) is 53.7 Å². The molecule has 5 nitrogen and oxygen atoms in total. The zero-order valence-corrected chi connectivity index (χ0v) is 13.0. The zero-order valence-electron chi connectivity index (χ0n) is 11.3. The Bertz CT molecular complexity index is 685. The highest BCUT2D eigenvalue weighted by atomic mass is 35.5. The molecule has 1 heterocycles. The van der Waals surface area contributed by atoms with Crippen LogP contribution in [0.3, 0.4) is 0 Å². The highest BCUT2D eigenvalue weighted by molar-refractivity contribution is 7.78. The van der Waals surface area contributed by atoms with E-state index in [1.807, 2.05) is 13.0 Å². The van der Waals surface area contributed by atoms with Gasteiger partial charge in [-0.15, -0.1) is 5.10 Å². The summed E-state index contributed by atoms with van der Waals surface area (Å²) >= 11 is 9.46. The minimum Gasteiger partial charge on any atom is -0.472 e. The number of nitrogens with one attached hydrogen (secondary N) is 1. The minimum atomic E-state index is -0.391. The van der Waals surface area contributed by atoms with Gasteiger partial charge in [-0.1, -0.05) is 24.3 Å². The van der Waals surface area contributed by atoms with Gasteiger partial charge < -0.3 is 4.74 Å². The van der Waals surface area contributed by atoms with Crippen molar-refractivity contribution in [2.24, 2.45) is 0 Å². The SMILES string of the molecule is C=C(C)c1cccc(C(=O)NCl)c1COc1ccn(S)n1. The number of benzene rings is 1. The molecule has 0 saturated heterocycles. The molecule has 0 aliphatic rings. The third-order valence-electron chi connectivity index (χ3n) is 2.88. The van der Waals surface area contributed by atoms with E-state index in [0.29, 0.717) is 17.0 Å². The lowest BCUT2D eigenvalue weighted by Gasteiger charge is -2.13. The first-order valence-electron chi connectivity index (χ1n) is 6.09. The second-order valence-electron chi connectivity index (χ2n) is 4.40. The fourth-order valence-corrected chi connectivity index (χ4v) is 2.18. The second-order valence-corrected chi connectivity index (χ2v) is 5.00. The molecule has 0 bridgehead atoms. The Morgan fingerprint density at radius 2 is 2.19 bits per heavy atom. The van der Waals surface area contributed by atoms with Gasteiger partial charge in [0.1, 0.15) is 6.61 Å². The molecule has 7 heteroatoms. The molecule has 21 heavy (non-hydrogen) atoms. The monoisotopic (exact) mass is 323 g/mol. The number of carbonyl (C=O) groups excluding carboxylic acids is 1. The van der Waals surface area contributed by atoms with E-state index >= 15 is 0 Å². The second kappa shape index (κ2) is 6.69. The maximum Gasteiger partial charge on any atom is 0.266 e. The third-order valence-corrected chi connectivity index (χ3v) is 3.28. The van der Waals surface area contributed by atoms with Gasteiger partial charge in [0.05, 0.1) is 0 Å². The molecule has 1 aromatic heterocycles. The summed E-state index contributed by atoms with van der Waals surface area (Å²) in [5.74, 6) is 0.0249. The van der Waals surface area contributed by atoms with Crippen LogP contribution in [0, 0.1) is 0 Å². The predicted octanol–water partition coefficient (Wildman–Crippen LogP) is 3.07. The van der Waals surface area contributed by atoms with Crippen molar-refractivity contribution in [3.63, 3.8) is 0 Å². The van der Waals surface area contributed by atoms with E-state index in [2.05, 4.69) is 29.3 Å². The minimum absolute atomic E-state index is 0.174. The molecule has 0 aliphatic heterocycles. The lowest BCUT2D eigenvalue weighted by atomic mass is 9.97. The summed E-state index contributed by atoms with van der Waals surface area (Å²) in [6.45, 7) is 5.96. The number of nitrogens with zero attached hydrogens (tertiary/aromatic N) is 2. The van der Waals surface area contributed by atoms with Crippen LogP contribution in [0.25, 0.3) is 5.57 Å². The van der Waals surface area contributed by atoms with Crippen LogP contribution in [0.15, 0.2) is 37.0 Å². The van der Waals surface area contributed by atoms with Crippen molar-refractivity contribution in [3.8, 4) is 5.88 Å². The quantitative estimate of drug-likeness (QED) is 0.657. The van der Waals surface area contributed by atoms with Crippen LogP contribution in [0.5, 0.6) is 5.88 Å². The van der Waals surface area contributed by atoms with Crippen molar-refractivity contribution in [2.75, 3.05) is 0 Å². The maximum absolute atomic E-state index is 11.9. The van der Waals surface area contributed by atoms with E-state index in [1.54, 1.807) is 24.4 Å². The Morgan fingerprint density at radius 3 is 2.76 bits per heavy atom. The average molecular weight is 324 g/mol. The Balaban J connectivity index is 2.34. The smallest absolute Gasteiger partial charge is 0.266 e. The molecular formula is C14H14ClN3O2S. The fraction of sp³-hybridized carbons (Fsp3) is 0.143. The first-order chi connectivity index (χ1) is 10.0. The number of ether oxygens (including phenoxy) is 1. The lowest BCUT2D eigenvalue weighted by Crippen LogP contribution is -2.17. The van der Waals surface area contributed by atoms with E-state index in [4.69, 9.17) is 16.5 Å². The number of carbonyl (C=O) groups is 1. The average Bonchev–Trinajstić information content (AvgIpc) is 2.89. The molecule has 0 unspecified atom stereocenters. The predicted molar refractivity (Wildman–Crippen MR) is 85.4 cm³/mol. The molecule has 0 aliphatic carbocycles. The molecule has 1 aromatic carbocycles. The number of amides is 1. The van der Waals surface area contributed by atoms with Gasteiger partial charge in [0.2, 0.25) is 5.88 Å². The standard InChI is InChI=1S/C14H14ClN3O2S/c1-9(2)10-4-3-5-11(14(19)16-15)12(10)8-20-13-6-7-18(21)17-13/h3-7,21H,1,8H2,2H3,(H,16,19). The topological polar surface area (TPSA) is 56.1 Å². The highest BCUT2D eigenvalue weighted by Gasteiger charge is 2.15. The summed E-state index contributed by atoms with van der Waals surface area (Å²) in [7, 11) is 0. The van der Waals surface area contributed by atoms with E-state index in [9.17, 15) is 4.79 Å². The van der Waals surface area contributed by atoms with E-state index in [-0.39, 0.29) is 6.61 Å². The summed E-state index contributed by atoms with van der Waals surface area (Å²) in [5, 5.41) is 4.00. The van der Waals surface area contributed by atoms with Gasteiger partial charge in [-0.05, 0) is 31.4 Å². The highest BCUT2D eigenvalue weighted by Crippen LogP contribution is 2.23. The Labute approximate surface area is 133 Å². The zero-order chi connectivity index (χ0) is 15.4. The first-order valence-corrected chi connectivity index (χ1v) is 6.87. The number of rotatable bonds is 5. The largest absolute Gasteiger partial charge is 0.472 e. The van der Waals surface area contributed by atoms with E-state index in [1.165, 1.54) is 4.09 Å². The van der Waals surface area contributed by atoms with Gasteiger partial charge in [0.15, 0.2) is 0 Å². The van der Waals surface area contributed by atoms with E-state index < -0.39 is 5.91 Å². The molecule has 1 amide bonds. The molecule has 2 aromatic rings. The number of halogens is 1. The molecule has 2 rings (SSSR count). The molecule has 0 spiro atoms. The van der Waals surface area contributed by atoms with Gasteiger partial charge in [-0.3, -0.25) is 9.63 Å². The van der Waals surface area contributed by atoms with Crippen LogP contribution in [0.4, 0.5) is 0 Å². The van der Waals surface area contributed by atoms with Crippen molar-refractivity contribution < 1.29 is 9.53 Å². The van der Waals surface area contributed by atoms with Gasteiger partial charge in [0, 0.05) is 35.2 Å². The molecule has 1 N–H and O–H groups in total. The molecular weight excluding hydrogens is 310 g/mol. The fourth-order valence-electron chi connectivity index (χ4n) is 1.93. The molecule has 0 fully saturated rings. The molecule has 0 radical (unpaired) electrons. The third kappa shape index (κ3) is 3.59. The number of thiol groups is 1. The lowest BCUT2D eigenvalue weighted by molar-refractivity contribution is 0.0979. The van der Waals surface area contributed by atoms with Gasteiger partial charge in [-0.25, -0.2) is 4.09 Å². The summed E-state index contributed by atoms with van der Waals surface area (Å²) < 4.78 is 6.93. The Kier molecular flexibility index (Phi) is 4.93. The van der Waals surface area contributed by atoms with Crippen LogP contribution in [-0.2, 0) is 6.61 Å². The summed E-state index contributed by atoms with van der Waals surface area (Å²) in [4.78, 5) is 14.0. The number of hydrogen-bond acceptors (Lipinski definition) is 4. The van der Waals surface area contributed by atoms with Crippen molar-refractivity contribution >= 4 is 36.1 Å². The van der Waals surface area contributed by atoms with Crippen LogP contribution in [0.1, 0.15) is 28.4 Å².